The van der Waals surface area contributed by atoms with Crippen LogP contribution in [0.1, 0.15) is 47.0 Å². The molecule has 3 atom stereocenters. The van der Waals surface area contributed by atoms with E-state index in [0.717, 1.165) is 12.8 Å². The number of hydrogen-bond acceptors (Lipinski definition) is 5. The molecule has 0 aromatic carbocycles. The number of amides is 1. The summed E-state index contributed by atoms with van der Waals surface area (Å²) in [7, 11) is 0. The zero-order valence-electron chi connectivity index (χ0n) is 17.8. The highest BCUT2D eigenvalue weighted by Crippen LogP contribution is 2.31. The molecule has 1 rings (SSSR count). The van der Waals surface area contributed by atoms with Crippen molar-refractivity contribution >= 4 is 11.9 Å². The second-order valence-electron chi connectivity index (χ2n) is 7.00. The maximum Gasteiger partial charge on any atom is 0.312 e. The van der Waals surface area contributed by atoms with Gasteiger partial charge in [0.15, 0.2) is 0 Å². The SMILES string of the molecule is C=CCN(CC=C)[C@H]1CC(C(=O)OCC)C=C(OC(CC)CC)[C@@H]1NC(C)=O. The van der Waals surface area contributed by atoms with Crippen molar-refractivity contribution in [2.75, 3.05) is 19.7 Å². The van der Waals surface area contributed by atoms with Crippen LogP contribution in [0, 0.1) is 5.92 Å². The first-order valence-corrected chi connectivity index (χ1v) is 10.2. The molecule has 1 amide bonds. The van der Waals surface area contributed by atoms with Crippen molar-refractivity contribution in [1.82, 2.24) is 10.2 Å². The summed E-state index contributed by atoms with van der Waals surface area (Å²) in [4.78, 5) is 26.6. The van der Waals surface area contributed by atoms with Gasteiger partial charge < -0.3 is 14.8 Å². The summed E-state index contributed by atoms with van der Waals surface area (Å²) < 4.78 is 11.5. The molecule has 0 aromatic rings. The van der Waals surface area contributed by atoms with E-state index in [-0.39, 0.29) is 30.1 Å². The topological polar surface area (TPSA) is 67.9 Å². The van der Waals surface area contributed by atoms with Gasteiger partial charge in [-0.25, -0.2) is 0 Å². The van der Waals surface area contributed by atoms with E-state index >= 15 is 0 Å². The molecule has 28 heavy (non-hydrogen) atoms. The second kappa shape index (κ2) is 12.4. The Hall–Kier alpha value is -2.08. The van der Waals surface area contributed by atoms with Gasteiger partial charge in [0.2, 0.25) is 5.91 Å². The van der Waals surface area contributed by atoms with E-state index < -0.39 is 5.92 Å². The van der Waals surface area contributed by atoms with E-state index in [2.05, 4.69) is 37.2 Å². The smallest absolute Gasteiger partial charge is 0.312 e. The van der Waals surface area contributed by atoms with Gasteiger partial charge in [0.25, 0.3) is 0 Å². The maximum atomic E-state index is 12.5. The largest absolute Gasteiger partial charge is 0.493 e. The molecular weight excluding hydrogens is 356 g/mol. The van der Waals surface area contributed by atoms with Crippen LogP contribution >= 0.6 is 0 Å². The van der Waals surface area contributed by atoms with E-state index in [4.69, 9.17) is 9.47 Å². The lowest BCUT2D eigenvalue weighted by Crippen LogP contribution is -2.56. The van der Waals surface area contributed by atoms with Crippen LogP contribution in [0.15, 0.2) is 37.1 Å². The number of carbonyl (C=O) groups excluding carboxylic acids is 2. The molecule has 0 fully saturated rings. The lowest BCUT2D eigenvalue weighted by Gasteiger charge is -2.42. The van der Waals surface area contributed by atoms with Crippen molar-refractivity contribution in [2.45, 2.75) is 65.1 Å². The van der Waals surface area contributed by atoms with Gasteiger partial charge in [-0.05, 0) is 32.3 Å². The fourth-order valence-electron chi connectivity index (χ4n) is 3.55. The minimum Gasteiger partial charge on any atom is -0.493 e. The van der Waals surface area contributed by atoms with Gasteiger partial charge in [-0.2, -0.15) is 0 Å². The molecule has 0 saturated heterocycles. The molecule has 1 aliphatic rings. The van der Waals surface area contributed by atoms with Crippen LogP contribution < -0.4 is 5.32 Å². The minimum atomic E-state index is -0.420. The monoisotopic (exact) mass is 392 g/mol. The molecule has 6 heteroatoms. The first-order valence-electron chi connectivity index (χ1n) is 10.2. The fraction of sp³-hybridized carbons (Fsp3) is 0.636. The van der Waals surface area contributed by atoms with Crippen LogP contribution in [-0.4, -0.2) is 54.7 Å². The number of rotatable bonds is 12. The minimum absolute atomic E-state index is 0.0244. The maximum absolute atomic E-state index is 12.5. The summed E-state index contributed by atoms with van der Waals surface area (Å²) in [6.45, 7) is 16.6. The van der Waals surface area contributed by atoms with E-state index in [0.29, 0.717) is 31.9 Å². The summed E-state index contributed by atoms with van der Waals surface area (Å²) in [5.41, 5.74) is 0. The van der Waals surface area contributed by atoms with Crippen LogP contribution in [0.5, 0.6) is 0 Å². The van der Waals surface area contributed by atoms with Crippen molar-refractivity contribution in [3.63, 3.8) is 0 Å². The summed E-state index contributed by atoms with van der Waals surface area (Å²) in [5, 5.41) is 3.03. The molecule has 158 valence electrons. The van der Waals surface area contributed by atoms with Gasteiger partial charge in [0.05, 0.1) is 18.6 Å². The molecule has 0 bridgehead atoms. The third-order valence-electron chi connectivity index (χ3n) is 4.91. The Labute approximate surface area is 169 Å². The highest BCUT2D eigenvalue weighted by Gasteiger charge is 2.40. The van der Waals surface area contributed by atoms with Gasteiger partial charge in [-0.1, -0.05) is 26.0 Å². The Bertz CT molecular complexity index is 559. The van der Waals surface area contributed by atoms with Crippen LogP contribution in [0.4, 0.5) is 0 Å². The fourth-order valence-corrected chi connectivity index (χ4v) is 3.55. The highest BCUT2D eigenvalue weighted by atomic mass is 16.5. The Morgan fingerprint density at radius 2 is 1.86 bits per heavy atom. The van der Waals surface area contributed by atoms with Gasteiger partial charge in [0, 0.05) is 26.1 Å². The molecule has 0 heterocycles. The highest BCUT2D eigenvalue weighted by molar-refractivity contribution is 5.76. The third kappa shape index (κ3) is 6.82. The average molecular weight is 393 g/mol. The van der Waals surface area contributed by atoms with Crippen molar-refractivity contribution < 1.29 is 19.1 Å². The molecule has 1 aliphatic carbocycles. The number of nitrogens with zero attached hydrogens (tertiary/aromatic N) is 1. The van der Waals surface area contributed by atoms with Gasteiger partial charge in [0.1, 0.15) is 11.8 Å². The van der Waals surface area contributed by atoms with Gasteiger partial charge >= 0.3 is 5.97 Å². The van der Waals surface area contributed by atoms with E-state index in [1.807, 2.05) is 18.2 Å². The zero-order valence-corrected chi connectivity index (χ0v) is 17.8. The molecule has 0 spiro atoms. The van der Waals surface area contributed by atoms with Gasteiger partial charge in [-0.15, -0.1) is 13.2 Å². The zero-order chi connectivity index (χ0) is 21.1. The van der Waals surface area contributed by atoms with E-state index in [9.17, 15) is 9.59 Å². The molecule has 0 radical (unpaired) electrons. The number of hydrogen-bond donors (Lipinski definition) is 1. The Balaban J connectivity index is 3.34. The van der Waals surface area contributed by atoms with Crippen LogP contribution in [0.2, 0.25) is 0 Å². The number of carbonyl (C=O) groups is 2. The first kappa shape index (κ1) is 24.0. The van der Waals surface area contributed by atoms with Gasteiger partial charge in [-0.3, -0.25) is 14.5 Å². The van der Waals surface area contributed by atoms with Crippen molar-refractivity contribution in [3.8, 4) is 0 Å². The molecular formula is C22H36N2O4. The van der Waals surface area contributed by atoms with Crippen molar-refractivity contribution in [3.05, 3.63) is 37.1 Å². The molecule has 0 aromatic heterocycles. The second-order valence-corrected chi connectivity index (χ2v) is 7.00. The summed E-state index contributed by atoms with van der Waals surface area (Å²) >= 11 is 0. The number of ether oxygens (including phenoxy) is 2. The normalized spacial score (nSPS) is 21.8. The molecule has 0 saturated carbocycles. The molecule has 1 N–H and O–H groups in total. The van der Waals surface area contributed by atoms with Crippen molar-refractivity contribution in [2.24, 2.45) is 5.92 Å². The Kier molecular flexibility index (Phi) is 10.6. The predicted octanol–water partition coefficient (Wildman–Crippen LogP) is 3.21. The first-order chi connectivity index (χ1) is 13.4. The Morgan fingerprint density at radius 1 is 1.25 bits per heavy atom. The standard InChI is InChI=1S/C22H36N2O4/c1-7-12-24(13-8-2)19-14-17(22(26)27-11-5)15-20(21(19)23-16(6)25)28-18(9-3)10-4/h7-8,15,17-19,21H,1-2,9-14H2,3-6H3,(H,23,25)/t17?,19-,21+/m0/s1. The lowest BCUT2D eigenvalue weighted by molar-refractivity contribution is -0.147. The predicted molar refractivity (Wildman–Crippen MR) is 112 cm³/mol. The van der Waals surface area contributed by atoms with Crippen LogP contribution in [0.3, 0.4) is 0 Å². The van der Waals surface area contributed by atoms with E-state index in [1.165, 1.54) is 6.92 Å². The summed E-state index contributed by atoms with van der Waals surface area (Å²) in [5.74, 6) is -0.190. The quantitative estimate of drug-likeness (QED) is 0.408. The molecule has 0 aliphatic heterocycles. The average Bonchev–Trinajstić information content (AvgIpc) is 2.66. The summed E-state index contributed by atoms with van der Waals surface area (Å²) in [6.07, 6.45) is 7.70. The Morgan fingerprint density at radius 3 is 2.32 bits per heavy atom. The van der Waals surface area contributed by atoms with Crippen LogP contribution in [-0.2, 0) is 19.1 Å². The lowest BCUT2D eigenvalue weighted by atomic mass is 9.85. The summed E-state index contributed by atoms with van der Waals surface area (Å²) in [6, 6.07) is -0.479. The molecule has 1 unspecified atom stereocenters. The molecule has 6 nitrogen and oxygen atoms in total. The van der Waals surface area contributed by atoms with Crippen LogP contribution in [0.25, 0.3) is 0 Å². The number of nitrogens with one attached hydrogen (secondary N) is 1. The number of esters is 1. The third-order valence-corrected chi connectivity index (χ3v) is 4.91. The van der Waals surface area contributed by atoms with Crippen molar-refractivity contribution in [1.29, 1.82) is 0 Å². The van der Waals surface area contributed by atoms with E-state index in [1.54, 1.807) is 6.92 Å².